The Morgan fingerprint density at radius 1 is 1.00 bits per heavy atom. The van der Waals surface area contributed by atoms with Crippen LogP contribution in [0, 0.1) is 17.1 Å². The van der Waals surface area contributed by atoms with Gasteiger partial charge in [0.2, 0.25) is 0 Å². The number of rotatable bonds is 13. The molecule has 11 heteroatoms. The van der Waals surface area contributed by atoms with Gasteiger partial charge in [-0.2, -0.15) is 5.26 Å². The molecular formula is C38H35FN7O3+. The molecule has 0 saturated carbocycles. The average Bonchev–Trinajstić information content (AvgIpc) is 3.47. The lowest BCUT2D eigenvalue weighted by Crippen LogP contribution is -2.30. The van der Waals surface area contributed by atoms with Crippen molar-refractivity contribution in [1.29, 1.82) is 5.26 Å². The van der Waals surface area contributed by atoms with Crippen LogP contribution in [0.25, 0.3) is 16.9 Å². The maximum absolute atomic E-state index is 14.3. The largest absolute Gasteiger partial charge is 0.455 e. The number of carbonyl (C=O) groups excluding carboxylic acids is 1. The van der Waals surface area contributed by atoms with Gasteiger partial charge in [-0.05, 0) is 83.2 Å². The van der Waals surface area contributed by atoms with Crippen LogP contribution in [0.2, 0.25) is 0 Å². The fourth-order valence-corrected chi connectivity index (χ4v) is 5.42. The zero-order valence-corrected chi connectivity index (χ0v) is 27.0. The number of hydrogen-bond donors (Lipinski definition) is 2. The lowest BCUT2D eigenvalue weighted by Gasteiger charge is -2.09. The van der Waals surface area contributed by atoms with Crippen LogP contribution in [0.4, 0.5) is 10.1 Å². The zero-order valence-electron chi connectivity index (χ0n) is 27.0. The molecule has 0 aliphatic carbocycles. The van der Waals surface area contributed by atoms with Crippen molar-refractivity contribution in [1.82, 2.24) is 19.9 Å². The number of benzene rings is 3. The van der Waals surface area contributed by atoms with E-state index >= 15 is 0 Å². The SMILES string of the molecule is COCCn1c(Cc2cc[n+](-c3cccc(OCc4ccc(C#N)cc4F)n3)cc2)nc2cc(C(=O)NCCc3ccc(N)cc3)ccc21. The van der Waals surface area contributed by atoms with Crippen LogP contribution in [0.5, 0.6) is 5.88 Å². The minimum Gasteiger partial charge on any atom is -0.455 e. The number of carbonyl (C=O) groups is 1. The van der Waals surface area contributed by atoms with E-state index in [1.54, 1.807) is 19.2 Å². The van der Waals surface area contributed by atoms with E-state index in [0.29, 0.717) is 61.1 Å². The number of ether oxygens (including phenoxy) is 2. The van der Waals surface area contributed by atoms with Crippen molar-refractivity contribution < 1.29 is 23.2 Å². The van der Waals surface area contributed by atoms with Crippen molar-refractivity contribution in [2.75, 3.05) is 26.0 Å². The Bertz CT molecular complexity index is 2120. The summed E-state index contributed by atoms with van der Waals surface area (Å²) in [6.45, 7) is 1.63. The molecule has 49 heavy (non-hydrogen) atoms. The lowest BCUT2D eigenvalue weighted by molar-refractivity contribution is -0.599. The number of imidazole rings is 1. The van der Waals surface area contributed by atoms with Gasteiger partial charge in [0.05, 0.1) is 41.7 Å². The number of nitriles is 1. The van der Waals surface area contributed by atoms with E-state index in [-0.39, 0.29) is 18.1 Å². The number of methoxy groups -OCH3 is 1. The highest BCUT2D eigenvalue weighted by molar-refractivity contribution is 5.97. The smallest absolute Gasteiger partial charge is 0.332 e. The van der Waals surface area contributed by atoms with E-state index in [1.807, 2.05) is 89.8 Å². The first-order chi connectivity index (χ1) is 23.9. The molecule has 3 N–H and O–H groups in total. The minimum atomic E-state index is -0.497. The van der Waals surface area contributed by atoms with Crippen molar-refractivity contribution in [2.45, 2.75) is 26.0 Å². The summed E-state index contributed by atoms with van der Waals surface area (Å²) >= 11 is 0. The van der Waals surface area contributed by atoms with Crippen molar-refractivity contribution in [3.8, 4) is 17.8 Å². The van der Waals surface area contributed by atoms with Crippen LogP contribution in [0.1, 0.15) is 38.4 Å². The van der Waals surface area contributed by atoms with Crippen molar-refractivity contribution in [3.05, 3.63) is 143 Å². The van der Waals surface area contributed by atoms with E-state index in [4.69, 9.17) is 25.5 Å². The van der Waals surface area contributed by atoms with Gasteiger partial charge in [-0.25, -0.2) is 13.9 Å². The van der Waals surface area contributed by atoms with E-state index in [0.717, 1.165) is 28.0 Å². The Hall–Kier alpha value is -6.12. The molecule has 0 fully saturated rings. The molecule has 6 rings (SSSR count). The maximum atomic E-state index is 14.3. The second-order valence-electron chi connectivity index (χ2n) is 11.5. The van der Waals surface area contributed by atoms with Crippen LogP contribution < -0.4 is 20.4 Å². The van der Waals surface area contributed by atoms with Gasteiger partial charge in [0, 0.05) is 55.6 Å². The van der Waals surface area contributed by atoms with E-state index < -0.39 is 5.82 Å². The van der Waals surface area contributed by atoms with Gasteiger partial charge >= 0.3 is 11.7 Å². The number of pyridine rings is 2. The molecule has 6 aromatic rings. The van der Waals surface area contributed by atoms with Crippen LogP contribution in [0.15, 0.2) is 103 Å². The van der Waals surface area contributed by atoms with Gasteiger partial charge in [-0.3, -0.25) is 4.79 Å². The zero-order chi connectivity index (χ0) is 34.2. The molecule has 3 aromatic carbocycles. The molecule has 3 heterocycles. The summed E-state index contributed by atoms with van der Waals surface area (Å²) in [4.78, 5) is 22.5. The van der Waals surface area contributed by atoms with Gasteiger partial charge in [0.25, 0.3) is 5.91 Å². The lowest BCUT2D eigenvalue weighted by atomic mass is 10.1. The first-order valence-electron chi connectivity index (χ1n) is 15.8. The number of nitrogens with zero attached hydrogens (tertiary/aromatic N) is 5. The number of halogens is 1. The van der Waals surface area contributed by atoms with Crippen LogP contribution in [-0.2, 0) is 30.7 Å². The summed E-state index contributed by atoms with van der Waals surface area (Å²) in [6.07, 6.45) is 5.10. The Labute approximate surface area is 283 Å². The fourth-order valence-electron chi connectivity index (χ4n) is 5.42. The number of fused-ring (bicyclic) bond motifs is 1. The van der Waals surface area contributed by atoms with Gasteiger partial charge in [0.1, 0.15) is 18.2 Å². The molecule has 3 aromatic heterocycles. The number of nitrogens with one attached hydrogen (secondary N) is 1. The third-order valence-electron chi connectivity index (χ3n) is 8.08. The molecule has 0 atom stereocenters. The summed E-state index contributed by atoms with van der Waals surface area (Å²) < 4.78 is 29.4. The van der Waals surface area contributed by atoms with Crippen molar-refractivity contribution >= 4 is 22.6 Å². The fraction of sp³-hybridized carbons (Fsp3) is 0.184. The molecule has 0 unspecified atom stereocenters. The van der Waals surface area contributed by atoms with E-state index in [2.05, 4.69) is 14.9 Å². The minimum absolute atomic E-state index is 0.0155. The predicted octanol–water partition coefficient (Wildman–Crippen LogP) is 5.09. The summed E-state index contributed by atoms with van der Waals surface area (Å²) in [5, 5.41) is 12.0. The van der Waals surface area contributed by atoms with Crippen LogP contribution in [0.3, 0.4) is 0 Å². The van der Waals surface area contributed by atoms with Gasteiger partial charge < -0.3 is 25.1 Å². The third-order valence-corrected chi connectivity index (χ3v) is 8.08. The molecule has 0 aliphatic rings. The van der Waals surface area contributed by atoms with Crippen LogP contribution in [-0.4, -0.2) is 40.7 Å². The molecule has 246 valence electrons. The van der Waals surface area contributed by atoms with E-state index in [1.165, 1.54) is 12.1 Å². The summed E-state index contributed by atoms with van der Waals surface area (Å²) in [5.41, 5.74) is 11.4. The molecule has 0 aliphatic heterocycles. The number of aromatic nitrogens is 4. The van der Waals surface area contributed by atoms with Gasteiger partial charge in [0.15, 0.2) is 0 Å². The number of nitrogen functional groups attached to an aromatic ring is 1. The van der Waals surface area contributed by atoms with Crippen LogP contribution >= 0.6 is 0 Å². The second-order valence-corrected chi connectivity index (χ2v) is 11.5. The third kappa shape index (κ3) is 8.06. The number of anilines is 1. The maximum Gasteiger partial charge on any atom is 0.332 e. The highest BCUT2D eigenvalue weighted by atomic mass is 19.1. The molecule has 0 radical (unpaired) electrons. The standard InChI is InChI=1S/C38H34FN7O3/c1-48-20-19-46-34-12-9-29(38(47)42-16-13-26-6-10-31(41)11-7-26)23-33(34)43-36(46)22-27-14-17-45(18-15-27)35-3-2-4-37(44-35)49-25-30-8-5-28(24-40)21-32(30)39/h2-12,14-15,17-18,21,23H,13,16,19-20,22,25,41H2,1H3/p+1. The monoisotopic (exact) mass is 656 g/mol. The topological polar surface area (TPSA) is 132 Å². The molecule has 0 bridgehead atoms. The number of nitrogens with two attached hydrogens (primary N) is 1. The van der Waals surface area contributed by atoms with Crippen molar-refractivity contribution in [2.24, 2.45) is 0 Å². The summed E-state index contributed by atoms with van der Waals surface area (Å²) in [7, 11) is 1.67. The number of amides is 1. The molecular weight excluding hydrogens is 621 g/mol. The Morgan fingerprint density at radius 2 is 1.82 bits per heavy atom. The van der Waals surface area contributed by atoms with E-state index in [9.17, 15) is 9.18 Å². The number of hydrogen-bond acceptors (Lipinski definition) is 7. The summed E-state index contributed by atoms with van der Waals surface area (Å²) in [5.74, 6) is 1.19. The average molecular weight is 657 g/mol. The Kier molecular flexibility index (Phi) is 10.2. The van der Waals surface area contributed by atoms with Gasteiger partial charge in [-0.1, -0.05) is 18.2 Å². The highest BCUT2D eigenvalue weighted by Gasteiger charge is 2.16. The second kappa shape index (κ2) is 15.2. The first kappa shape index (κ1) is 32.8. The first-order valence-corrected chi connectivity index (χ1v) is 15.8. The summed E-state index contributed by atoms with van der Waals surface area (Å²) in [6, 6.07) is 28.8. The highest BCUT2D eigenvalue weighted by Crippen LogP contribution is 2.21. The Balaban J connectivity index is 1.13. The van der Waals surface area contributed by atoms with Crippen molar-refractivity contribution in [3.63, 3.8) is 0 Å². The molecule has 0 spiro atoms. The quantitative estimate of drug-likeness (QED) is 0.131. The molecule has 10 nitrogen and oxygen atoms in total. The molecule has 0 saturated heterocycles. The Morgan fingerprint density at radius 3 is 2.57 bits per heavy atom. The van der Waals surface area contributed by atoms with Gasteiger partial charge in [-0.15, -0.1) is 0 Å². The molecule has 1 amide bonds. The predicted molar refractivity (Wildman–Crippen MR) is 183 cm³/mol. The normalized spacial score (nSPS) is 11.0.